The van der Waals surface area contributed by atoms with Crippen molar-refractivity contribution in [1.82, 2.24) is 0 Å². The second-order valence-corrected chi connectivity index (χ2v) is 6.48. The monoisotopic (exact) mass is 423 g/mol. The number of aromatic carboxylic acids is 1. The van der Waals surface area contributed by atoms with Gasteiger partial charge >= 0.3 is 5.97 Å². The van der Waals surface area contributed by atoms with Crippen LogP contribution >= 0.6 is 49.9 Å². The van der Waals surface area contributed by atoms with Crippen molar-refractivity contribution in [1.29, 1.82) is 0 Å². The quantitative estimate of drug-likeness (QED) is 0.716. The summed E-state index contributed by atoms with van der Waals surface area (Å²) in [6.45, 7) is 0. The van der Waals surface area contributed by atoms with E-state index in [0.717, 1.165) is 18.5 Å². The Morgan fingerprint density at radius 1 is 1.41 bits per heavy atom. The summed E-state index contributed by atoms with van der Waals surface area (Å²) in [5.74, 6) is -0.986. The Morgan fingerprint density at radius 2 is 2.12 bits per heavy atom. The van der Waals surface area contributed by atoms with E-state index < -0.39 is 5.97 Å². The van der Waals surface area contributed by atoms with Crippen molar-refractivity contribution in [3.8, 4) is 10.4 Å². The van der Waals surface area contributed by atoms with Gasteiger partial charge in [0.1, 0.15) is 4.88 Å². The van der Waals surface area contributed by atoms with Crippen LogP contribution in [0, 0.1) is 3.57 Å². The highest BCUT2D eigenvalue weighted by atomic mass is 127. The third-order valence-corrected chi connectivity index (χ3v) is 4.68. The predicted octanol–water partition coefficient (Wildman–Crippen LogP) is 4.06. The molecule has 0 amide bonds. The summed E-state index contributed by atoms with van der Waals surface area (Å²) >= 11 is 6.85. The number of benzene rings is 1. The lowest BCUT2D eigenvalue weighted by Gasteiger charge is -2.01. The molecule has 0 aliphatic heterocycles. The first-order valence-corrected chi connectivity index (χ1v) is 7.26. The molecule has 0 saturated heterocycles. The summed E-state index contributed by atoms with van der Waals surface area (Å²) in [4.78, 5) is 12.0. The number of carbonyl (C=O) groups is 1. The number of hydrogen-bond acceptors (Lipinski definition) is 3. The van der Waals surface area contributed by atoms with E-state index >= 15 is 0 Å². The predicted molar refractivity (Wildman–Crippen MR) is 81.5 cm³/mol. The molecule has 0 radical (unpaired) electrons. The lowest BCUT2D eigenvalue weighted by Crippen LogP contribution is -1.96. The molecule has 0 unspecified atom stereocenters. The van der Waals surface area contributed by atoms with Crippen molar-refractivity contribution < 1.29 is 9.90 Å². The molecule has 1 aromatic heterocycles. The lowest BCUT2D eigenvalue weighted by atomic mass is 10.2. The van der Waals surface area contributed by atoms with Gasteiger partial charge in [0.2, 0.25) is 0 Å². The molecule has 0 bridgehead atoms. The summed E-state index contributed by atoms with van der Waals surface area (Å²) < 4.78 is 2.01. The van der Waals surface area contributed by atoms with Crippen LogP contribution in [0.5, 0.6) is 0 Å². The van der Waals surface area contributed by atoms with E-state index in [1.807, 2.05) is 18.2 Å². The lowest BCUT2D eigenvalue weighted by molar-refractivity contribution is 0.0703. The topological polar surface area (TPSA) is 63.3 Å². The summed E-state index contributed by atoms with van der Waals surface area (Å²) in [6, 6.07) is 7.60. The standard InChI is InChI=1S/C11H7BrINO2S/c12-7-2-1-5(13)3-6(7)9-4-8(14)10(17-9)11(15)16/h1-4H,14H2,(H,15,16). The number of nitrogen functional groups attached to an aromatic ring is 1. The number of carboxylic acids is 1. The van der Waals surface area contributed by atoms with Crippen LogP contribution in [0.15, 0.2) is 28.7 Å². The maximum atomic E-state index is 10.9. The van der Waals surface area contributed by atoms with Gasteiger partial charge < -0.3 is 10.8 Å². The van der Waals surface area contributed by atoms with Crippen LogP contribution in [0.4, 0.5) is 5.69 Å². The molecule has 0 aliphatic rings. The Balaban J connectivity index is 2.57. The summed E-state index contributed by atoms with van der Waals surface area (Å²) in [5, 5.41) is 8.97. The van der Waals surface area contributed by atoms with Crippen molar-refractivity contribution in [3.63, 3.8) is 0 Å². The zero-order valence-electron chi connectivity index (χ0n) is 8.41. The van der Waals surface area contributed by atoms with Gasteiger partial charge in [-0.2, -0.15) is 0 Å². The van der Waals surface area contributed by atoms with Gasteiger partial charge in [-0.25, -0.2) is 4.79 Å². The van der Waals surface area contributed by atoms with Gasteiger partial charge in [0.05, 0.1) is 5.69 Å². The number of nitrogens with two attached hydrogens (primary N) is 1. The van der Waals surface area contributed by atoms with Gasteiger partial charge in [-0.15, -0.1) is 11.3 Å². The fourth-order valence-electron chi connectivity index (χ4n) is 1.39. The number of carboxylic acid groups (broad SMARTS) is 1. The van der Waals surface area contributed by atoms with E-state index in [-0.39, 0.29) is 4.88 Å². The minimum atomic E-state index is -0.986. The maximum Gasteiger partial charge on any atom is 0.348 e. The second-order valence-electron chi connectivity index (χ2n) is 3.32. The molecule has 0 saturated carbocycles. The third kappa shape index (κ3) is 2.63. The molecule has 0 spiro atoms. The van der Waals surface area contributed by atoms with Crippen molar-refractivity contribution in [3.05, 3.63) is 37.2 Å². The van der Waals surface area contributed by atoms with Gasteiger partial charge in [-0.1, -0.05) is 15.9 Å². The Bertz CT molecular complexity index is 597. The van der Waals surface area contributed by atoms with E-state index in [4.69, 9.17) is 10.8 Å². The van der Waals surface area contributed by atoms with Crippen LogP contribution in [0.1, 0.15) is 9.67 Å². The molecule has 3 nitrogen and oxygen atoms in total. The Hall–Kier alpha value is -0.600. The number of thiophene rings is 1. The Kier molecular flexibility index (Phi) is 3.74. The average Bonchev–Trinajstić information content (AvgIpc) is 2.64. The highest BCUT2D eigenvalue weighted by Crippen LogP contribution is 2.37. The molecule has 1 aromatic carbocycles. The number of rotatable bonds is 2. The molecule has 0 atom stereocenters. The molecule has 0 fully saturated rings. The second kappa shape index (κ2) is 4.95. The summed E-state index contributed by atoms with van der Waals surface area (Å²) in [6.07, 6.45) is 0. The van der Waals surface area contributed by atoms with E-state index in [0.29, 0.717) is 5.69 Å². The maximum absolute atomic E-state index is 10.9. The van der Waals surface area contributed by atoms with Crippen LogP contribution in [-0.4, -0.2) is 11.1 Å². The molecule has 0 aliphatic carbocycles. The largest absolute Gasteiger partial charge is 0.477 e. The molecule has 1 heterocycles. The zero-order chi connectivity index (χ0) is 12.6. The molecule has 6 heteroatoms. The Morgan fingerprint density at radius 3 is 2.71 bits per heavy atom. The number of anilines is 1. The van der Waals surface area contributed by atoms with E-state index in [2.05, 4.69) is 38.5 Å². The first-order chi connectivity index (χ1) is 7.99. The van der Waals surface area contributed by atoms with Crippen molar-refractivity contribution in [2.24, 2.45) is 0 Å². The molecule has 17 heavy (non-hydrogen) atoms. The molecular formula is C11H7BrINO2S. The van der Waals surface area contributed by atoms with Gasteiger partial charge in [-0.3, -0.25) is 0 Å². The van der Waals surface area contributed by atoms with Gasteiger partial charge in [0, 0.05) is 18.5 Å². The van der Waals surface area contributed by atoms with Crippen LogP contribution in [0.3, 0.4) is 0 Å². The number of hydrogen-bond donors (Lipinski definition) is 2. The van der Waals surface area contributed by atoms with E-state index in [1.54, 1.807) is 6.07 Å². The van der Waals surface area contributed by atoms with E-state index in [1.165, 1.54) is 11.3 Å². The molecular weight excluding hydrogens is 417 g/mol. The van der Waals surface area contributed by atoms with Crippen molar-refractivity contribution in [2.75, 3.05) is 5.73 Å². The fraction of sp³-hybridized carbons (Fsp3) is 0. The summed E-state index contributed by atoms with van der Waals surface area (Å²) in [5.41, 5.74) is 6.95. The molecule has 2 rings (SSSR count). The van der Waals surface area contributed by atoms with Gasteiger partial charge in [-0.05, 0) is 46.9 Å². The smallest absolute Gasteiger partial charge is 0.348 e. The molecule has 3 N–H and O–H groups in total. The highest BCUT2D eigenvalue weighted by Gasteiger charge is 2.15. The van der Waals surface area contributed by atoms with Gasteiger partial charge in [0.25, 0.3) is 0 Å². The SMILES string of the molecule is Nc1cc(-c2cc(I)ccc2Br)sc1C(=O)O. The van der Waals surface area contributed by atoms with Crippen molar-refractivity contribution >= 4 is 61.5 Å². The van der Waals surface area contributed by atoms with E-state index in [9.17, 15) is 4.79 Å². The zero-order valence-corrected chi connectivity index (χ0v) is 13.0. The van der Waals surface area contributed by atoms with Crippen LogP contribution in [0.2, 0.25) is 0 Å². The van der Waals surface area contributed by atoms with Gasteiger partial charge in [0.15, 0.2) is 0 Å². The average molecular weight is 424 g/mol. The van der Waals surface area contributed by atoms with Crippen molar-refractivity contribution in [2.45, 2.75) is 0 Å². The van der Waals surface area contributed by atoms with Crippen LogP contribution < -0.4 is 5.73 Å². The number of halogens is 2. The fourth-order valence-corrected chi connectivity index (χ4v) is 3.42. The molecule has 2 aromatic rings. The minimum Gasteiger partial charge on any atom is -0.477 e. The normalized spacial score (nSPS) is 10.5. The third-order valence-electron chi connectivity index (χ3n) is 2.15. The highest BCUT2D eigenvalue weighted by molar-refractivity contribution is 14.1. The van der Waals surface area contributed by atoms with Crippen LogP contribution in [0.25, 0.3) is 10.4 Å². The molecule has 88 valence electrons. The van der Waals surface area contributed by atoms with Crippen LogP contribution in [-0.2, 0) is 0 Å². The first-order valence-electron chi connectivity index (χ1n) is 4.57. The summed E-state index contributed by atoms with van der Waals surface area (Å²) in [7, 11) is 0. The first kappa shape index (κ1) is 12.8. The minimum absolute atomic E-state index is 0.186. The Labute approximate surface area is 124 Å².